The minimum absolute atomic E-state index is 1.00. The zero-order valence-corrected chi connectivity index (χ0v) is 14.9. The molecule has 4 aromatic carbocycles. The average Bonchev–Trinajstić information content (AvgIpc) is 2.92. The third kappa shape index (κ3) is 1.71. The fourth-order valence-electron chi connectivity index (χ4n) is 3.82. The first-order chi connectivity index (χ1) is 11.8. The summed E-state index contributed by atoms with van der Waals surface area (Å²) in [6.07, 6.45) is 0. The molecule has 0 radical (unpaired) electrons. The molecule has 24 heavy (non-hydrogen) atoms. The van der Waals surface area contributed by atoms with Crippen LogP contribution in [-0.2, 0) is 3.74 Å². The molecule has 0 saturated heterocycles. The van der Waals surface area contributed by atoms with E-state index in [9.17, 15) is 3.74 Å². The van der Waals surface area contributed by atoms with Crippen molar-refractivity contribution in [2.24, 2.45) is 0 Å². The van der Waals surface area contributed by atoms with E-state index in [4.69, 9.17) is 0 Å². The Hall–Kier alpha value is -2.50. The Morgan fingerprint density at radius 1 is 0.500 bits per heavy atom. The monoisotopic (exact) mass is 370 g/mol. The predicted octanol–water partition coefficient (Wildman–Crippen LogP) is 3.22. The van der Waals surface area contributed by atoms with E-state index in [1.54, 1.807) is 0 Å². The van der Waals surface area contributed by atoms with Crippen LogP contribution in [0.4, 0.5) is 0 Å². The van der Waals surface area contributed by atoms with Crippen LogP contribution in [0.1, 0.15) is 0 Å². The van der Waals surface area contributed by atoms with Crippen molar-refractivity contribution >= 4 is 37.3 Å². The van der Waals surface area contributed by atoms with Crippen molar-refractivity contribution < 1.29 is 3.74 Å². The SMILES string of the molecule is O=[As]1(c2cccc3ccccc23)c2ccccc2-c2ccccc21. The van der Waals surface area contributed by atoms with Gasteiger partial charge in [0.1, 0.15) is 0 Å². The fraction of sp³-hybridized carbons (Fsp3) is 0. The predicted molar refractivity (Wildman–Crippen MR) is 101 cm³/mol. The van der Waals surface area contributed by atoms with Crippen LogP contribution >= 0.6 is 0 Å². The van der Waals surface area contributed by atoms with Crippen molar-refractivity contribution in [1.82, 2.24) is 0 Å². The summed E-state index contributed by atoms with van der Waals surface area (Å²) in [5.41, 5.74) is 2.26. The maximum absolute atomic E-state index is 14.5. The van der Waals surface area contributed by atoms with Crippen LogP contribution < -0.4 is 13.1 Å². The van der Waals surface area contributed by atoms with Gasteiger partial charge in [0.2, 0.25) is 0 Å². The van der Waals surface area contributed by atoms with Crippen LogP contribution in [0.2, 0.25) is 0 Å². The van der Waals surface area contributed by atoms with E-state index in [2.05, 4.69) is 48.5 Å². The summed E-state index contributed by atoms with van der Waals surface area (Å²) in [6.45, 7) is 0. The molecule has 0 bridgehead atoms. The van der Waals surface area contributed by atoms with Gasteiger partial charge in [0.15, 0.2) is 0 Å². The molecule has 1 aliphatic rings. The molecule has 1 nitrogen and oxygen atoms in total. The Bertz CT molecular complexity index is 1090. The number of benzene rings is 4. The van der Waals surface area contributed by atoms with Gasteiger partial charge in [-0.3, -0.25) is 0 Å². The summed E-state index contributed by atoms with van der Waals surface area (Å²) in [5, 5.41) is 2.25. The molecule has 0 aliphatic carbocycles. The fourth-order valence-corrected chi connectivity index (χ4v) is 10.7. The first-order valence-electron chi connectivity index (χ1n) is 8.08. The topological polar surface area (TPSA) is 17.1 Å². The average molecular weight is 370 g/mol. The van der Waals surface area contributed by atoms with E-state index in [0.717, 1.165) is 35.0 Å². The van der Waals surface area contributed by atoms with Crippen molar-refractivity contribution in [2.45, 2.75) is 0 Å². The van der Waals surface area contributed by atoms with Crippen molar-refractivity contribution in [2.75, 3.05) is 0 Å². The molecule has 0 amide bonds. The number of hydrogen-bond donors (Lipinski definition) is 0. The second-order valence-electron chi connectivity index (χ2n) is 6.14. The number of hydrogen-bond acceptors (Lipinski definition) is 1. The van der Waals surface area contributed by atoms with Gasteiger partial charge in [-0.1, -0.05) is 0 Å². The molecule has 0 N–H and O–H groups in total. The van der Waals surface area contributed by atoms with Gasteiger partial charge in [-0.25, -0.2) is 0 Å². The van der Waals surface area contributed by atoms with Crippen LogP contribution in [0.25, 0.3) is 21.9 Å². The Morgan fingerprint density at radius 2 is 1.00 bits per heavy atom. The first kappa shape index (κ1) is 13.9. The van der Waals surface area contributed by atoms with Gasteiger partial charge < -0.3 is 0 Å². The molecule has 0 atom stereocenters. The van der Waals surface area contributed by atoms with Crippen LogP contribution in [0.15, 0.2) is 91.0 Å². The first-order valence-corrected chi connectivity index (χ1v) is 11.7. The molecule has 1 heterocycles. The van der Waals surface area contributed by atoms with Gasteiger partial charge in [0, 0.05) is 0 Å². The minimum atomic E-state index is -3.66. The maximum atomic E-state index is 14.5. The second kappa shape index (κ2) is 5.00. The molecular formula is C22H15AsO. The van der Waals surface area contributed by atoms with E-state index in [1.165, 1.54) is 0 Å². The molecule has 0 unspecified atom stereocenters. The van der Waals surface area contributed by atoms with Crippen molar-refractivity contribution in [3.8, 4) is 11.1 Å². The molecule has 2 heteroatoms. The van der Waals surface area contributed by atoms with Crippen LogP contribution in [0.3, 0.4) is 0 Å². The number of fused-ring (bicyclic) bond motifs is 4. The van der Waals surface area contributed by atoms with E-state index >= 15 is 0 Å². The molecule has 0 spiro atoms. The Labute approximate surface area is 143 Å². The summed E-state index contributed by atoms with van der Waals surface area (Å²) in [4.78, 5) is 0. The van der Waals surface area contributed by atoms with Gasteiger partial charge >= 0.3 is 143 Å². The summed E-state index contributed by atoms with van der Waals surface area (Å²) < 4.78 is 17.6. The molecule has 0 fully saturated rings. The Morgan fingerprint density at radius 3 is 1.71 bits per heavy atom. The van der Waals surface area contributed by atoms with E-state index in [1.807, 2.05) is 42.5 Å². The van der Waals surface area contributed by atoms with Gasteiger partial charge in [-0.05, 0) is 0 Å². The van der Waals surface area contributed by atoms with Gasteiger partial charge in [0.05, 0.1) is 0 Å². The van der Waals surface area contributed by atoms with E-state index in [-0.39, 0.29) is 0 Å². The molecule has 5 rings (SSSR count). The van der Waals surface area contributed by atoms with Gasteiger partial charge in [0.25, 0.3) is 0 Å². The Kier molecular flexibility index (Phi) is 2.89. The third-order valence-electron chi connectivity index (χ3n) is 4.88. The van der Waals surface area contributed by atoms with Crippen molar-refractivity contribution in [3.05, 3.63) is 91.0 Å². The van der Waals surface area contributed by atoms with Gasteiger partial charge in [-0.15, -0.1) is 0 Å². The quantitative estimate of drug-likeness (QED) is 0.414. The normalized spacial score (nSPS) is 14.3. The van der Waals surface area contributed by atoms with Gasteiger partial charge in [-0.2, -0.15) is 0 Å². The Balaban J connectivity index is 1.95. The van der Waals surface area contributed by atoms with E-state index in [0.29, 0.717) is 0 Å². The third-order valence-corrected chi connectivity index (χ3v) is 11.6. The summed E-state index contributed by atoms with van der Waals surface area (Å²) >= 11 is -3.66. The number of rotatable bonds is 1. The van der Waals surface area contributed by atoms with Crippen LogP contribution in [0.5, 0.6) is 0 Å². The molecule has 114 valence electrons. The summed E-state index contributed by atoms with van der Waals surface area (Å²) in [5.74, 6) is 0. The standard InChI is InChI=1S/C22H15AsO/c24-23(20-15-7-9-16-8-1-2-10-17(16)20)21-13-5-3-11-18(21)19-12-4-6-14-22(19)23/h1-15H. The van der Waals surface area contributed by atoms with Crippen LogP contribution in [0, 0.1) is 0 Å². The molecule has 0 aromatic heterocycles. The zero-order valence-electron chi connectivity index (χ0n) is 13.0. The zero-order chi connectivity index (χ0) is 16.1. The van der Waals surface area contributed by atoms with E-state index < -0.39 is 13.5 Å². The van der Waals surface area contributed by atoms with Crippen LogP contribution in [-0.4, -0.2) is 13.5 Å². The molecule has 0 saturated carbocycles. The molecule has 4 aromatic rings. The second-order valence-corrected chi connectivity index (χ2v) is 11.7. The molecule has 1 aliphatic heterocycles. The summed E-state index contributed by atoms with van der Waals surface area (Å²) in [6, 6.07) is 30.8. The van der Waals surface area contributed by atoms with Crippen molar-refractivity contribution in [1.29, 1.82) is 0 Å². The van der Waals surface area contributed by atoms with Crippen molar-refractivity contribution in [3.63, 3.8) is 0 Å². The summed E-state index contributed by atoms with van der Waals surface area (Å²) in [7, 11) is 0. The molecular weight excluding hydrogens is 355 g/mol.